The van der Waals surface area contributed by atoms with Crippen LogP contribution >= 0.6 is 0 Å². The van der Waals surface area contributed by atoms with E-state index in [-0.39, 0.29) is 11.9 Å². The first-order chi connectivity index (χ1) is 8.69. The van der Waals surface area contributed by atoms with Gasteiger partial charge in [0, 0.05) is 6.42 Å². The van der Waals surface area contributed by atoms with Crippen LogP contribution in [0.2, 0.25) is 0 Å². The quantitative estimate of drug-likeness (QED) is 0.839. The van der Waals surface area contributed by atoms with E-state index in [0.717, 1.165) is 18.7 Å². The third-order valence-corrected chi connectivity index (χ3v) is 3.26. The summed E-state index contributed by atoms with van der Waals surface area (Å²) in [6.45, 7) is 3.84. The fourth-order valence-electron chi connectivity index (χ4n) is 1.99. The van der Waals surface area contributed by atoms with E-state index in [1.807, 2.05) is 19.1 Å². The number of amides is 1. The van der Waals surface area contributed by atoms with E-state index in [2.05, 4.69) is 16.7 Å². The van der Waals surface area contributed by atoms with Crippen molar-refractivity contribution in [3.8, 4) is 6.07 Å². The van der Waals surface area contributed by atoms with Crippen molar-refractivity contribution in [1.82, 2.24) is 10.6 Å². The number of hydrogen-bond acceptors (Lipinski definition) is 3. The maximum Gasteiger partial charge on any atom is 0.220 e. The number of carbonyl (C=O) groups is 1. The van der Waals surface area contributed by atoms with Gasteiger partial charge in [-0.05, 0) is 43.6 Å². The molecule has 1 aromatic rings. The molecule has 2 N–H and O–H groups in total. The van der Waals surface area contributed by atoms with Crippen molar-refractivity contribution < 1.29 is 4.79 Å². The Labute approximate surface area is 107 Å². The average Bonchev–Trinajstić information content (AvgIpc) is 2.34. The Bertz CT molecular complexity index is 457. The number of hydrogen-bond donors (Lipinski definition) is 2. The first-order valence-corrected chi connectivity index (χ1v) is 6.19. The molecule has 1 saturated heterocycles. The van der Waals surface area contributed by atoms with E-state index in [1.165, 1.54) is 0 Å². The molecule has 1 fully saturated rings. The highest BCUT2D eigenvalue weighted by Crippen LogP contribution is 2.14. The van der Waals surface area contributed by atoms with Crippen molar-refractivity contribution in [2.45, 2.75) is 19.4 Å². The lowest BCUT2D eigenvalue weighted by molar-refractivity contribution is -0.123. The van der Waals surface area contributed by atoms with Gasteiger partial charge < -0.3 is 10.6 Å². The summed E-state index contributed by atoms with van der Waals surface area (Å²) in [5.74, 6) is 0.580. The summed E-state index contributed by atoms with van der Waals surface area (Å²) in [4.78, 5) is 11.8. The summed E-state index contributed by atoms with van der Waals surface area (Å²) in [5.41, 5.74) is 1.66. The first kappa shape index (κ1) is 12.6. The van der Waals surface area contributed by atoms with Crippen LogP contribution in [0.4, 0.5) is 0 Å². The van der Waals surface area contributed by atoms with E-state index in [4.69, 9.17) is 5.26 Å². The molecule has 4 nitrogen and oxygen atoms in total. The molecule has 94 valence electrons. The zero-order valence-corrected chi connectivity index (χ0v) is 10.4. The lowest BCUT2D eigenvalue weighted by Gasteiger charge is -2.27. The van der Waals surface area contributed by atoms with Crippen molar-refractivity contribution in [3.05, 3.63) is 35.4 Å². The van der Waals surface area contributed by atoms with Crippen LogP contribution in [0, 0.1) is 17.2 Å². The van der Waals surface area contributed by atoms with Gasteiger partial charge in [0.05, 0.1) is 17.7 Å². The Morgan fingerprint density at radius 2 is 2.17 bits per heavy atom. The molecule has 18 heavy (non-hydrogen) atoms. The van der Waals surface area contributed by atoms with Gasteiger partial charge in [-0.3, -0.25) is 4.79 Å². The molecule has 1 heterocycles. The van der Waals surface area contributed by atoms with Gasteiger partial charge in [0.15, 0.2) is 0 Å². The third kappa shape index (κ3) is 3.08. The number of nitrogens with one attached hydrogen (secondary N) is 2. The average molecular weight is 243 g/mol. The molecule has 0 aliphatic carbocycles. The van der Waals surface area contributed by atoms with Crippen LogP contribution < -0.4 is 10.6 Å². The molecule has 0 spiro atoms. The zero-order valence-electron chi connectivity index (χ0n) is 10.4. The number of rotatable bonds is 4. The SMILES string of the molecule is CC(NC(=O)CC1CNC1)c1ccc(C#N)cc1. The summed E-state index contributed by atoms with van der Waals surface area (Å²) < 4.78 is 0. The Morgan fingerprint density at radius 3 is 2.67 bits per heavy atom. The monoisotopic (exact) mass is 243 g/mol. The molecule has 0 bridgehead atoms. The summed E-state index contributed by atoms with van der Waals surface area (Å²) in [6, 6.07) is 9.38. The van der Waals surface area contributed by atoms with Gasteiger partial charge in [0.2, 0.25) is 5.91 Å². The molecule has 1 atom stereocenters. The van der Waals surface area contributed by atoms with E-state index < -0.39 is 0 Å². The summed E-state index contributed by atoms with van der Waals surface area (Å²) in [5, 5.41) is 14.9. The second kappa shape index (κ2) is 5.65. The second-order valence-electron chi connectivity index (χ2n) is 4.75. The molecule has 1 aliphatic heterocycles. The Kier molecular flexibility index (Phi) is 3.96. The maximum absolute atomic E-state index is 11.8. The van der Waals surface area contributed by atoms with Gasteiger partial charge >= 0.3 is 0 Å². The molecular formula is C14H17N3O. The summed E-state index contributed by atoms with van der Waals surface area (Å²) in [6.07, 6.45) is 0.591. The lowest BCUT2D eigenvalue weighted by atomic mass is 9.98. The molecule has 0 saturated carbocycles. The van der Waals surface area contributed by atoms with E-state index in [1.54, 1.807) is 12.1 Å². The van der Waals surface area contributed by atoms with Crippen molar-refractivity contribution >= 4 is 5.91 Å². The standard InChI is InChI=1S/C14H17N3O/c1-10(13-4-2-11(7-15)3-5-13)17-14(18)6-12-8-16-9-12/h2-5,10,12,16H,6,8-9H2,1H3,(H,17,18). The van der Waals surface area contributed by atoms with Crippen LogP contribution in [0.25, 0.3) is 0 Å². The molecular weight excluding hydrogens is 226 g/mol. The maximum atomic E-state index is 11.8. The predicted octanol–water partition coefficient (Wildman–Crippen LogP) is 1.34. The molecule has 0 radical (unpaired) electrons. The molecule has 2 rings (SSSR count). The van der Waals surface area contributed by atoms with Gasteiger partial charge in [-0.25, -0.2) is 0 Å². The molecule has 1 aliphatic rings. The van der Waals surface area contributed by atoms with E-state index in [0.29, 0.717) is 17.9 Å². The molecule has 1 amide bonds. The van der Waals surface area contributed by atoms with Crippen molar-refractivity contribution in [2.75, 3.05) is 13.1 Å². The fourth-order valence-corrected chi connectivity index (χ4v) is 1.99. The molecule has 1 unspecified atom stereocenters. The number of nitriles is 1. The highest BCUT2D eigenvalue weighted by atomic mass is 16.1. The van der Waals surface area contributed by atoms with Gasteiger partial charge in [0.25, 0.3) is 0 Å². The van der Waals surface area contributed by atoms with Gasteiger partial charge in [-0.2, -0.15) is 5.26 Å². The van der Waals surface area contributed by atoms with Crippen molar-refractivity contribution in [1.29, 1.82) is 5.26 Å². The Hall–Kier alpha value is -1.86. The lowest BCUT2D eigenvalue weighted by Crippen LogP contribution is -2.44. The molecule has 4 heteroatoms. The summed E-state index contributed by atoms with van der Waals surface area (Å²) >= 11 is 0. The number of nitrogens with zero attached hydrogens (tertiary/aromatic N) is 1. The van der Waals surface area contributed by atoms with Crippen LogP contribution in [0.1, 0.15) is 30.5 Å². The topological polar surface area (TPSA) is 64.9 Å². The first-order valence-electron chi connectivity index (χ1n) is 6.19. The van der Waals surface area contributed by atoms with Crippen LogP contribution in [-0.4, -0.2) is 19.0 Å². The van der Waals surface area contributed by atoms with Gasteiger partial charge in [0.1, 0.15) is 0 Å². The largest absolute Gasteiger partial charge is 0.350 e. The molecule has 0 aromatic heterocycles. The number of benzene rings is 1. The van der Waals surface area contributed by atoms with Crippen molar-refractivity contribution in [3.63, 3.8) is 0 Å². The minimum absolute atomic E-state index is 0.0155. The Morgan fingerprint density at radius 1 is 1.50 bits per heavy atom. The van der Waals surface area contributed by atoms with Crippen LogP contribution in [0.3, 0.4) is 0 Å². The van der Waals surface area contributed by atoms with E-state index >= 15 is 0 Å². The molecule has 1 aromatic carbocycles. The minimum Gasteiger partial charge on any atom is -0.350 e. The highest BCUT2D eigenvalue weighted by Gasteiger charge is 2.20. The minimum atomic E-state index is -0.0155. The van der Waals surface area contributed by atoms with Crippen LogP contribution in [-0.2, 0) is 4.79 Å². The highest BCUT2D eigenvalue weighted by molar-refractivity contribution is 5.76. The summed E-state index contributed by atoms with van der Waals surface area (Å²) in [7, 11) is 0. The predicted molar refractivity (Wildman–Crippen MR) is 68.7 cm³/mol. The zero-order chi connectivity index (χ0) is 13.0. The smallest absolute Gasteiger partial charge is 0.220 e. The normalized spacial score (nSPS) is 16.4. The van der Waals surface area contributed by atoms with Gasteiger partial charge in [-0.1, -0.05) is 12.1 Å². The second-order valence-corrected chi connectivity index (χ2v) is 4.75. The number of carbonyl (C=O) groups excluding carboxylic acids is 1. The fraction of sp³-hybridized carbons (Fsp3) is 0.429. The van der Waals surface area contributed by atoms with Gasteiger partial charge in [-0.15, -0.1) is 0 Å². The van der Waals surface area contributed by atoms with E-state index in [9.17, 15) is 4.79 Å². The third-order valence-electron chi connectivity index (χ3n) is 3.26. The Balaban J connectivity index is 1.87. The van der Waals surface area contributed by atoms with Crippen LogP contribution in [0.15, 0.2) is 24.3 Å². The van der Waals surface area contributed by atoms with Crippen molar-refractivity contribution in [2.24, 2.45) is 5.92 Å². The van der Waals surface area contributed by atoms with Crippen LogP contribution in [0.5, 0.6) is 0 Å².